The van der Waals surface area contributed by atoms with Crippen LogP contribution in [0.5, 0.6) is 5.75 Å². The second-order valence-corrected chi connectivity index (χ2v) is 6.71. The first-order valence-electron chi connectivity index (χ1n) is 7.77. The number of benzene rings is 2. The summed E-state index contributed by atoms with van der Waals surface area (Å²) in [7, 11) is 1.86. The van der Waals surface area contributed by atoms with Gasteiger partial charge in [0, 0.05) is 22.7 Å². The van der Waals surface area contributed by atoms with E-state index in [1.54, 1.807) is 12.1 Å². The van der Waals surface area contributed by atoms with Crippen LogP contribution in [0.4, 0.5) is 5.69 Å². The van der Waals surface area contributed by atoms with Gasteiger partial charge < -0.3 is 14.8 Å². The highest BCUT2D eigenvalue weighted by atomic mass is 35.5. The van der Waals surface area contributed by atoms with Gasteiger partial charge in [-0.2, -0.15) is 0 Å². The second-order valence-electron chi connectivity index (χ2n) is 5.86. The van der Waals surface area contributed by atoms with Crippen LogP contribution in [0.3, 0.4) is 0 Å². The van der Waals surface area contributed by atoms with E-state index in [0.29, 0.717) is 28.9 Å². The van der Waals surface area contributed by atoms with Crippen LogP contribution in [0, 0.1) is 0 Å². The third-order valence-corrected chi connectivity index (χ3v) is 4.30. The Morgan fingerprint density at radius 3 is 2.88 bits per heavy atom. The molecular weight excluding hydrogens is 363 g/mol. The zero-order valence-electron chi connectivity index (χ0n) is 13.7. The Hall–Kier alpha value is -1.79. The van der Waals surface area contributed by atoms with Crippen molar-refractivity contribution >= 4 is 34.8 Å². The van der Waals surface area contributed by atoms with E-state index in [1.165, 1.54) is 0 Å². The molecule has 0 spiro atoms. The van der Waals surface area contributed by atoms with Crippen LogP contribution in [-0.4, -0.2) is 31.2 Å². The minimum absolute atomic E-state index is 0.143. The second kappa shape index (κ2) is 8.06. The van der Waals surface area contributed by atoms with Crippen LogP contribution in [0.2, 0.25) is 10.0 Å². The van der Waals surface area contributed by atoms with E-state index >= 15 is 0 Å². The maximum atomic E-state index is 12.2. The number of fused-ring (bicyclic) bond motifs is 1. The van der Waals surface area contributed by atoms with Gasteiger partial charge in [-0.1, -0.05) is 35.3 Å². The minimum Gasteiger partial charge on any atom is -0.467 e. The molecule has 0 fully saturated rings. The molecule has 25 heavy (non-hydrogen) atoms. The van der Waals surface area contributed by atoms with E-state index < -0.39 is 0 Å². The Morgan fingerprint density at radius 2 is 2.08 bits per heavy atom. The lowest BCUT2D eigenvalue weighted by molar-refractivity contribution is -0.117. The van der Waals surface area contributed by atoms with Gasteiger partial charge in [0.2, 0.25) is 5.91 Å². The summed E-state index contributed by atoms with van der Waals surface area (Å²) in [6, 6.07) is 10.8. The van der Waals surface area contributed by atoms with Crippen LogP contribution < -0.4 is 10.1 Å². The number of anilines is 1. The van der Waals surface area contributed by atoms with Crippen molar-refractivity contribution in [3.63, 3.8) is 0 Å². The number of nitrogens with one attached hydrogen (secondary N) is 1. The van der Waals surface area contributed by atoms with Crippen molar-refractivity contribution in [3.05, 3.63) is 57.6 Å². The van der Waals surface area contributed by atoms with Crippen LogP contribution in [-0.2, 0) is 22.7 Å². The number of amides is 1. The van der Waals surface area contributed by atoms with E-state index in [0.717, 1.165) is 16.9 Å². The number of likely N-dealkylation sites (N-methyl/N-ethyl adjacent to an activating group) is 1. The van der Waals surface area contributed by atoms with Crippen molar-refractivity contribution < 1.29 is 14.3 Å². The highest BCUT2D eigenvalue weighted by molar-refractivity contribution is 6.33. The summed E-state index contributed by atoms with van der Waals surface area (Å²) in [5, 5.41) is 3.94. The Morgan fingerprint density at radius 1 is 1.28 bits per heavy atom. The summed E-state index contributed by atoms with van der Waals surface area (Å²) >= 11 is 12.2. The molecule has 1 heterocycles. The lowest BCUT2D eigenvalue weighted by atomic mass is 10.1. The SMILES string of the molecule is CN(CC(=O)Nc1ccccc1Cl)Cc1cc(Cl)cc2c1OCOC2. The average molecular weight is 381 g/mol. The van der Waals surface area contributed by atoms with Gasteiger partial charge in [-0.05, 0) is 31.3 Å². The van der Waals surface area contributed by atoms with Crippen LogP contribution in [0.25, 0.3) is 0 Å². The molecule has 0 aromatic heterocycles. The number of nitrogens with zero attached hydrogens (tertiary/aromatic N) is 1. The third-order valence-electron chi connectivity index (χ3n) is 3.75. The van der Waals surface area contributed by atoms with Crippen molar-refractivity contribution in [2.45, 2.75) is 13.2 Å². The molecule has 0 aliphatic carbocycles. The van der Waals surface area contributed by atoms with Crippen molar-refractivity contribution in [2.75, 3.05) is 25.7 Å². The van der Waals surface area contributed by atoms with Gasteiger partial charge >= 0.3 is 0 Å². The van der Waals surface area contributed by atoms with Crippen molar-refractivity contribution in [1.29, 1.82) is 0 Å². The van der Waals surface area contributed by atoms with E-state index in [1.807, 2.05) is 36.2 Å². The zero-order valence-corrected chi connectivity index (χ0v) is 15.2. The molecule has 5 nitrogen and oxygen atoms in total. The summed E-state index contributed by atoms with van der Waals surface area (Å²) in [6.45, 7) is 1.43. The van der Waals surface area contributed by atoms with E-state index in [-0.39, 0.29) is 19.2 Å². The molecule has 0 saturated heterocycles. The molecule has 2 aromatic rings. The van der Waals surface area contributed by atoms with Gasteiger partial charge in [-0.15, -0.1) is 0 Å². The predicted molar refractivity (Wildman–Crippen MR) is 98.2 cm³/mol. The van der Waals surface area contributed by atoms with E-state index in [2.05, 4.69) is 5.32 Å². The van der Waals surface area contributed by atoms with Crippen LogP contribution in [0.15, 0.2) is 36.4 Å². The smallest absolute Gasteiger partial charge is 0.238 e. The number of ether oxygens (including phenoxy) is 2. The first-order chi connectivity index (χ1) is 12.0. The normalized spacial score (nSPS) is 13.3. The zero-order chi connectivity index (χ0) is 17.8. The van der Waals surface area contributed by atoms with Crippen molar-refractivity contribution in [2.24, 2.45) is 0 Å². The van der Waals surface area contributed by atoms with Gasteiger partial charge in [-0.25, -0.2) is 0 Å². The fourth-order valence-electron chi connectivity index (χ4n) is 2.72. The third kappa shape index (κ3) is 4.64. The number of carbonyl (C=O) groups excluding carboxylic acids is 1. The number of hydrogen-bond acceptors (Lipinski definition) is 4. The monoisotopic (exact) mass is 380 g/mol. The highest BCUT2D eigenvalue weighted by Gasteiger charge is 2.18. The molecule has 2 aromatic carbocycles. The largest absolute Gasteiger partial charge is 0.467 e. The number of carbonyl (C=O) groups is 1. The summed E-state index contributed by atoms with van der Waals surface area (Å²) in [4.78, 5) is 14.1. The molecular formula is C18H18Cl2N2O3. The first-order valence-corrected chi connectivity index (χ1v) is 8.53. The van der Waals surface area contributed by atoms with Gasteiger partial charge in [0.05, 0.1) is 23.9 Å². The number of para-hydroxylation sites is 1. The fourth-order valence-corrected chi connectivity index (χ4v) is 3.16. The maximum Gasteiger partial charge on any atom is 0.238 e. The molecule has 1 aliphatic heterocycles. The Kier molecular flexibility index (Phi) is 5.81. The Labute approximate surface area is 156 Å². The van der Waals surface area contributed by atoms with E-state index in [9.17, 15) is 4.79 Å². The minimum atomic E-state index is -0.143. The van der Waals surface area contributed by atoms with Gasteiger partial charge in [0.25, 0.3) is 0 Å². The average Bonchev–Trinajstić information content (AvgIpc) is 2.56. The summed E-state index contributed by atoms with van der Waals surface area (Å²) in [6.07, 6.45) is 0. The van der Waals surface area contributed by atoms with E-state index in [4.69, 9.17) is 32.7 Å². The number of hydrogen-bond donors (Lipinski definition) is 1. The van der Waals surface area contributed by atoms with Crippen molar-refractivity contribution in [3.8, 4) is 5.75 Å². The summed E-state index contributed by atoms with van der Waals surface area (Å²) in [5.74, 6) is 0.643. The first kappa shape index (κ1) is 18.0. The quantitative estimate of drug-likeness (QED) is 0.853. The molecule has 0 radical (unpaired) electrons. The Bertz CT molecular complexity index is 783. The molecule has 3 rings (SSSR count). The lowest BCUT2D eigenvalue weighted by Crippen LogP contribution is -2.30. The Balaban J connectivity index is 1.65. The lowest BCUT2D eigenvalue weighted by Gasteiger charge is -2.23. The standard InChI is InChI=1S/C18H18Cl2N2O3/c1-22(9-17(23)21-16-5-3-2-4-15(16)20)8-12-6-14(19)7-13-10-24-11-25-18(12)13/h2-7H,8-11H2,1H3,(H,21,23). The van der Waals surface area contributed by atoms with Crippen molar-refractivity contribution in [1.82, 2.24) is 4.90 Å². The van der Waals surface area contributed by atoms with Gasteiger partial charge in [0.15, 0.2) is 6.79 Å². The molecule has 132 valence electrons. The van der Waals surface area contributed by atoms with Gasteiger partial charge in [0.1, 0.15) is 5.75 Å². The predicted octanol–water partition coefficient (Wildman–Crippen LogP) is 3.93. The van der Waals surface area contributed by atoms with Gasteiger partial charge in [-0.3, -0.25) is 9.69 Å². The maximum absolute atomic E-state index is 12.2. The van der Waals surface area contributed by atoms with Crippen LogP contribution >= 0.6 is 23.2 Å². The number of halogens is 2. The molecule has 1 amide bonds. The molecule has 0 bridgehead atoms. The highest BCUT2D eigenvalue weighted by Crippen LogP contribution is 2.32. The summed E-state index contributed by atoms with van der Waals surface area (Å²) in [5.41, 5.74) is 2.45. The molecule has 0 unspecified atom stereocenters. The molecule has 0 saturated carbocycles. The number of rotatable bonds is 5. The molecule has 7 heteroatoms. The fraction of sp³-hybridized carbons (Fsp3) is 0.278. The topological polar surface area (TPSA) is 50.8 Å². The molecule has 1 aliphatic rings. The molecule has 0 atom stereocenters. The van der Waals surface area contributed by atoms with Crippen LogP contribution in [0.1, 0.15) is 11.1 Å². The summed E-state index contributed by atoms with van der Waals surface area (Å²) < 4.78 is 10.9. The molecule has 1 N–H and O–H groups in total.